The average molecular weight is 267 g/mol. The molecule has 1 aliphatic heterocycles. The summed E-state index contributed by atoms with van der Waals surface area (Å²) in [6.07, 6.45) is 1.32. The van der Waals surface area contributed by atoms with Gasteiger partial charge in [0.05, 0.1) is 0 Å². The lowest BCUT2D eigenvalue weighted by molar-refractivity contribution is -0.119. The third-order valence-electron chi connectivity index (χ3n) is 2.94. The van der Waals surface area contributed by atoms with Gasteiger partial charge in [0.2, 0.25) is 5.91 Å². The zero-order valence-electron chi connectivity index (χ0n) is 9.91. The van der Waals surface area contributed by atoms with E-state index in [1.54, 1.807) is 12.1 Å². The lowest BCUT2D eigenvalue weighted by Crippen LogP contribution is -2.38. The van der Waals surface area contributed by atoms with Gasteiger partial charge in [-0.25, -0.2) is 0 Å². The Morgan fingerprint density at radius 1 is 1.50 bits per heavy atom. The second kappa shape index (κ2) is 5.87. The first kappa shape index (κ1) is 12.9. The van der Waals surface area contributed by atoms with Crippen LogP contribution in [0.1, 0.15) is 28.8 Å². The molecule has 1 saturated heterocycles. The summed E-state index contributed by atoms with van der Waals surface area (Å²) in [6.45, 7) is 0.468. The number of amides is 2. The van der Waals surface area contributed by atoms with Crippen molar-refractivity contribution < 1.29 is 9.59 Å². The second-order valence-corrected chi connectivity index (χ2v) is 4.61. The minimum Gasteiger partial charge on any atom is -0.352 e. The molecule has 1 aromatic rings. The first-order valence-electron chi connectivity index (χ1n) is 5.91. The molecule has 2 rings (SSSR count). The fraction of sp³-hybridized carbons (Fsp3) is 0.385. The molecule has 2 amide bonds. The lowest BCUT2D eigenvalue weighted by Gasteiger charge is -2.11. The third kappa shape index (κ3) is 3.23. The highest BCUT2D eigenvalue weighted by Gasteiger charge is 2.21. The van der Waals surface area contributed by atoms with Gasteiger partial charge in [0.15, 0.2) is 0 Å². The number of carbonyl (C=O) groups excluding carboxylic acids is 2. The van der Waals surface area contributed by atoms with Crippen molar-refractivity contribution in [3.05, 3.63) is 35.4 Å². The molecule has 1 aliphatic rings. The number of carbonyl (C=O) groups is 2. The Hall–Kier alpha value is -1.55. The van der Waals surface area contributed by atoms with Crippen molar-refractivity contribution in [1.82, 2.24) is 10.6 Å². The van der Waals surface area contributed by atoms with Crippen molar-refractivity contribution in [1.29, 1.82) is 0 Å². The quantitative estimate of drug-likeness (QED) is 0.810. The van der Waals surface area contributed by atoms with Crippen LogP contribution in [-0.2, 0) is 10.7 Å². The van der Waals surface area contributed by atoms with Crippen molar-refractivity contribution >= 4 is 23.4 Å². The van der Waals surface area contributed by atoms with E-state index in [0.29, 0.717) is 24.4 Å². The lowest BCUT2D eigenvalue weighted by atomic mass is 10.1. The molecule has 1 aromatic carbocycles. The molecule has 4 nitrogen and oxygen atoms in total. The molecule has 1 unspecified atom stereocenters. The minimum absolute atomic E-state index is 0.0534. The summed E-state index contributed by atoms with van der Waals surface area (Å²) in [7, 11) is 0. The number of nitrogens with one attached hydrogen (secondary N) is 2. The van der Waals surface area contributed by atoms with E-state index in [-0.39, 0.29) is 17.9 Å². The molecule has 5 heteroatoms. The van der Waals surface area contributed by atoms with Crippen molar-refractivity contribution in [3.8, 4) is 0 Å². The highest BCUT2D eigenvalue weighted by molar-refractivity contribution is 6.17. The van der Waals surface area contributed by atoms with E-state index >= 15 is 0 Å². The summed E-state index contributed by atoms with van der Waals surface area (Å²) in [5.74, 6) is 0.307. The Labute approximate surface area is 111 Å². The summed E-state index contributed by atoms with van der Waals surface area (Å²) >= 11 is 5.72. The predicted octanol–water partition coefficient (Wildman–Crippen LogP) is 1.43. The summed E-state index contributed by atoms with van der Waals surface area (Å²) in [5.41, 5.74) is 1.51. The van der Waals surface area contributed by atoms with Crippen LogP contribution in [0.25, 0.3) is 0 Å². The van der Waals surface area contributed by atoms with E-state index in [1.807, 2.05) is 12.1 Å². The molecule has 2 N–H and O–H groups in total. The number of halogens is 1. The van der Waals surface area contributed by atoms with E-state index in [9.17, 15) is 9.59 Å². The molecule has 0 spiro atoms. The smallest absolute Gasteiger partial charge is 0.251 e. The van der Waals surface area contributed by atoms with Crippen molar-refractivity contribution in [2.24, 2.45) is 0 Å². The second-order valence-electron chi connectivity index (χ2n) is 4.35. The molecule has 1 heterocycles. The van der Waals surface area contributed by atoms with Crippen LogP contribution in [0.4, 0.5) is 0 Å². The van der Waals surface area contributed by atoms with Crippen molar-refractivity contribution in [3.63, 3.8) is 0 Å². The third-order valence-corrected chi connectivity index (χ3v) is 3.25. The van der Waals surface area contributed by atoms with Gasteiger partial charge in [0, 0.05) is 30.5 Å². The van der Waals surface area contributed by atoms with Gasteiger partial charge >= 0.3 is 0 Å². The number of rotatable bonds is 4. The van der Waals surface area contributed by atoms with Crippen molar-refractivity contribution in [2.45, 2.75) is 24.8 Å². The van der Waals surface area contributed by atoms with Crippen LogP contribution in [0.15, 0.2) is 24.3 Å². The highest BCUT2D eigenvalue weighted by atomic mass is 35.5. The van der Waals surface area contributed by atoms with Gasteiger partial charge in [-0.3, -0.25) is 9.59 Å². The van der Waals surface area contributed by atoms with Crippen LogP contribution < -0.4 is 10.6 Å². The van der Waals surface area contributed by atoms with Gasteiger partial charge < -0.3 is 10.6 Å². The highest BCUT2D eigenvalue weighted by Crippen LogP contribution is 2.09. The van der Waals surface area contributed by atoms with Crippen LogP contribution in [0.3, 0.4) is 0 Å². The summed E-state index contributed by atoms with van der Waals surface area (Å²) in [4.78, 5) is 22.9. The van der Waals surface area contributed by atoms with E-state index in [1.165, 1.54) is 0 Å². The van der Waals surface area contributed by atoms with Gasteiger partial charge in [0.1, 0.15) is 0 Å². The summed E-state index contributed by atoms with van der Waals surface area (Å²) in [6, 6.07) is 7.26. The number of benzene rings is 1. The van der Waals surface area contributed by atoms with Crippen LogP contribution >= 0.6 is 11.6 Å². The fourth-order valence-corrected chi connectivity index (χ4v) is 2.11. The van der Waals surface area contributed by atoms with Crippen LogP contribution in [-0.4, -0.2) is 24.4 Å². The molecule has 1 fully saturated rings. The van der Waals surface area contributed by atoms with E-state index < -0.39 is 0 Å². The van der Waals surface area contributed by atoms with E-state index in [4.69, 9.17) is 11.6 Å². The van der Waals surface area contributed by atoms with Gasteiger partial charge in [-0.2, -0.15) is 0 Å². The monoisotopic (exact) mass is 266 g/mol. The molecule has 0 aliphatic carbocycles. The maximum Gasteiger partial charge on any atom is 0.251 e. The Morgan fingerprint density at radius 3 is 3.00 bits per heavy atom. The maximum atomic E-state index is 11.9. The summed E-state index contributed by atoms with van der Waals surface area (Å²) < 4.78 is 0. The van der Waals surface area contributed by atoms with Gasteiger partial charge in [0.25, 0.3) is 5.91 Å². The molecule has 1 atom stereocenters. The zero-order valence-corrected chi connectivity index (χ0v) is 10.7. The van der Waals surface area contributed by atoms with Crippen LogP contribution in [0.2, 0.25) is 0 Å². The molecule has 0 radical (unpaired) electrons. The minimum atomic E-state index is -0.136. The van der Waals surface area contributed by atoms with Crippen LogP contribution in [0, 0.1) is 0 Å². The first-order valence-corrected chi connectivity index (χ1v) is 6.45. The van der Waals surface area contributed by atoms with Crippen LogP contribution in [0.5, 0.6) is 0 Å². The SMILES string of the molecule is O=C1CCC(CNC(=O)c2cccc(CCl)c2)N1. The van der Waals surface area contributed by atoms with E-state index in [2.05, 4.69) is 10.6 Å². The van der Waals surface area contributed by atoms with Gasteiger partial charge in [-0.15, -0.1) is 11.6 Å². The first-order chi connectivity index (χ1) is 8.69. The topological polar surface area (TPSA) is 58.2 Å². The average Bonchev–Trinajstić information content (AvgIpc) is 2.82. The molecule has 0 bridgehead atoms. The number of hydrogen-bond donors (Lipinski definition) is 2. The maximum absolute atomic E-state index is 11.9. The normalized spacial score (nSPS) is 18.5. The number of alkyl halides is 1. The zero-order chi connectivity index (χ0) is 13.0. The Balaban J connectivity index is 1.89. The van der Waals surface area contributed by atoms with Crippen molar-refractivity contribution in [2.75, 3.05) is 6.54 Å². The van der Waals surface area contributed by atoms with Gasteiger partial charge in [-0.05, 0) is 24.1 Å². The van der Waals surface area contributed by atoms with E-state index in [0.717, 1.165) is 12.0 Å². The molecule has 0 saturated carbocycles. The molecule has 96 valence electrons. The largest absolute Gasteiger partial charge is 0.352 e. The number of hydrogen-bond acceptors (Lipinski definition) is 2. The molecular weight excluding hydrogens is 252 g/mol. The molecule has 18 heavy (non-hydrogen) atoms. The summed E-state index contributed by atoms with van der Waals surface area (Å²) in [5, 5.41) is 5.62. The Morgan fingerprint density at radius 2 is 2.33 bits per heavy atom. The van der Waals surface area contributed by atoms with Gasteiger partial charge in [-0.1, -0.05) is 12.1 Å². The standard InChI is InChI=1S/C13H15ClN2O2/c14-7-9-2-1-3-10(6-9)13(18)15-8-11-4-5-12(17)16-11/h1-3,6,11H,4-5,7-8H2,(H,15,18)(H,16,17). The molecular formula is C13H15ClN2O2. The Bertz CT molecular complexity index is 462. The Kier molecular flexibility index (Phi) is 4.20. The molecule has 0 aromatic heterocycles. The fourth-order valence-electron chi connectivity index (χ4n) is 1.94. The predicted molar refractivity (Wildman–Crippen MR) is 69.5 cm³/mol.